The Morgan fingerprint density at radius 3 is 2.12 bits per heavy atom. The third kappa shape index (κ3) is 4.54. The average molecular weight is 429 g/mol. The van der Waals surface area contributed by atoms with Crippen molar-refractivity contribution in [3.05, 3.63) is 101 Å². The van der Waals surface area contributed by atoms with Gasteiger partial charge in [0.15, 0.2) is 6.04 Å². The zero-order chi connectivity index (χ0) is 22.7. The van der Waals surface area contributed by atoms with Crippen LogP contribution >= 0.6 is 0 Å². The van der Waals surface area contributed by atoms with Crippen LogP contribution in [0.1, 0.15) is 38.7 Å². The van der Waals surface area contributed by atoms with E-state index in [4.69, 9.17) is 4.74 Å². The van der Waals surface area contributed by atoms with E-state index >= 15 is 0 Å². The van der Waals surface area contributed by atoms with E-state index in [1.54, 1.807) is 23.9 Å². The Bertz CT molecular complexity index is 1150. The molecule has 2 atom stereocenters. The molecule has 6 heteroatoms. The van der Waals surface area contributed by atoms with Gasteiger partial charge in [-0.25, -0.2) is 0 Å². The van der Waals surface area contributed by atoms with Gasteiger partial charge in [-0.1, -0.05) is 35.4 Å². The highest BCUT2D eigenvalue weighted by atomic mass is 16.5. The average Bonchev–Trinajstić information content (AvgIpc) is 3.10. The van der Waals surface area contributed by atoms with Crippen LogP contribution in [0.25, 0.3) is 0 Å². The molecule has 2 N–H and O–H groups in total. The lowest BCUT2D eigenvalue weighted by Gasteiger charge is -2.15. The van der Waals surface area contributed by atoms with Crippen LogP contribution in [-0.2, 0) is 4.79 Å². The number of hydrogen-bond donors (Lipinski definition) is 2. The van der Waals surface area contributed by atoms with Crippen LogP contribution < -0.4 is 15.5 Å². The maximum Gasteiger partial charge on any atom is 0.304 e. The fourth-order valence-electron chi connectivity index (χ4n) is 3.72. The van der Waals surface area contributed by atoms with E-state index < -0.39 is 12.1 Å². The molecule has 0 unspecified atom stereocenters. The van der Waals surface area contributed by atoms with E-state index in [1.807, 2.05) is 80.7 Å². The van der Waals surface area contributed by atoms with Crippen LogP contribution in [-0.4, -0.2) is 35.9 Å². The first-order chi connectivity index (χ1) is 15.4. The van der Waals surface area contributed by atoms with Crippen molar-refractivity contribution in [1.29, 1.82) is 0 Å². The highest BCUT2D eigenvalue weighted by Gasteiger charge is 2.47. The third-order valence-electron chi connectivity index (χ3n) is 5.56. The SMILES string of the molecule is COc1ccc([C@H]2[C@H](NC(=O)c3ccc(C)cc3)C(=O)N/[N+]2=C\c2ccc(C)cc2)cc1. The van der Waals surface area contributed by atoms with Crippen molar-refractivity contribution in [1.82, 2.24) is 10.7 Å². The number of hydrazone groups is 1. The molecule has 0 radical (unpaired) electrons. The summed E-state index contributed by atoms with van der Waals surface area (Å²) in [6.07, 6.45) is 1.88. The number of carbonyl (C=O) groups excluding carboxylic acids is 2. The summed E-state index contributed by atoms with van der Waals surface area (Å²) in [7, 11) is 1.61. The summed E-state index contributed by atoms with van der Waals surface area (Å²) in [5.74, 6) is 0.163. The highest BCUT2D eigenvalue weighted by Crippen LogP contribution is 2.27. The number of nitrogens with one attached hydrogen (secondary N) is 2. The van der Waals surface area contributed by atoms with E-state index in [2.05, 4.69) is 10.7 Å². The molecule has 3 aromatic carbocycles. The van der Waals surface area contributed by atoms with Crippen molar-refractivity contribution in [2.24, 2.45) is 0 Å². The first-order valence-electron chi connectivity index (χ1n) is 10.5. The summed E-state index contributed by atoms with van der Waals surface area (Å²) in [6, 6.07) is 21.6. The number of rotatable bonds is 5. The zero-order valence-electron chi connectivity index (χ0n) is 18.3. The second-order valence-electron chi connectivity index (χ2n) is 7.96. The molecule has 1 aliphatic rings. The Labute approximate surface area is 187 Å². The van der Waals surface area contributed by atoms with E-state index in [1.165, 1.54) is 0 Å². The Morgan fingerprint density at radius 2 is 1.53 bits per heavy atom. The fraction of sp³-hybridized carbons (Fsp3) is 0.192. The number of carbonyl (C=O) groups is 2. The second-order valence-corrected chi connectivity index (χ2v) is 7.96. The standard InChI is InChI=1S/C26H25N3O3/c1-17-4-8-19(9-5-17)16-29-24(20-12-14-22(32-3)15-13-20)23(26(31)28-29)27-25(30)21-10-6-18(2)7-11-21/h4-16,23-24H,1-3H3,(H-,27,28,30,31)/p+1/b29-16-/t23-,24-/m0/s1. The smallest absolute Gasteiger partial charge is 0.304 e. The van der Waals surface area contributed by atoms with Gasteiger partial charge < -0.3 is 10.1 Å². The summed E-state index contributed by atoms with van der Waals surface area (Å²) in [5, 5.41) is 2.92. The van der Waals surface area contributed by atoms with E-state index in [0.29, 0.717) is 5.56 Å². The number of methoxy groups -OCH3 is 1. The first-order valence-corrected chi connectivity index (χ1v) is 10.5. The van der Waals surface area contributed by atoms with Crippen molar-refractivity contribution in [3.63, 3.8) is 0 Å². The summed E-state index contributed by atoms with van der Waals surface area (Å²) in [4.78, 5) is 25.8. The molecule has 1 fully saturated rings. The molecule has 0 saturated carbocycles. The van der Waals surface area contributed by atoms with Crippen molar-refractivity contribution in [3.8, 4) is 5.75 Å². The largest absolute Gasteiger partial charge is 0.497 e. The first kappa shape index (κ1) is 21.3. The highest BCUT2D eigenvalue weighted by molar-refractivity contribution is 5.98. The predicted molar refractivity (Wildman–Crippen MR) is 123 cm³/mol. The number of benzene rings is 3. The molecule has 3 aromatic rings. The van der Waals surface area contributed by atoms with Crippen LogP contribution in [0, 0.1) is 13.8 Å². The van der Waals surface area contributed by atoms with Crippen molar-refractivity contribution < 1.29 is 19.0 Å². The van der Waals surface area contributed by atoms with Gasteiger partial charge in [-0.05, 0) is 62.4 Å². The molecule has 0 spiro atoms. The van der Waals surface area contributed by atoms with Gasteiger partial charge in [-0.15, -0.1) is 10.1 Å². The van der Waals surface area contributed by atoms with Crippen LogP contribution in [0.15, 0.2) is 72.8 Å². The van der Waals surface area contributed by atoms with Gasteiger partial charge in [0, 0.05) is 16.7 Å². The number of aryl methyl sites for hydroxylation is 2. The fourth-order valence-corrected chi connectivity index (χ4v) is 3.72. The van der Waals surface area contributed by atoms with E-state index in [0.717, 1.165) is 28.0 Å². The lowest BCUT2D eigenvalue weighted by atomic mass is 9.99. The molecule has 2 amide bonds. The molecule has 32 heavy (non-hydrogen) atoms. The van der Waals surface area contributed by atoms with E-state index in [9.17, 15) is 9.59 Å². The van der Waals surface area contributed by atoms with Crippen molar-refractivity contribution in [2.75, 3.05) is 7.11 Å². The predicted octanol–water partition coefficient (Wildman–Crippen LogP) is 3.33. The number of nitrogens with zero attached hydrogens (tertiary/aromatic N) is 1. The number of hydrazine groups is 1. The minimum absolute atomic E-state index is 0.269. The summed E-state index contributed by atoms with van der Waals surface area (Å²) in [5.41, 5.74) is 7.46. The summed E-state index contributed by atoms with van der Waals surface area (Å²) < 4.78 is 7.03. The topological polar surface area (TPSA) is 70.4 Å². The van der Waals surface area contributed by atoms with Crippen molar-refractivity contribution in [2.45, 2.75) is 25.9 Å². The Kier molecular flexibility index (Phi) is 6.03. The molecule has 162 valence electrons. The zero-order valence-corrected chi connectivity index (χ0v) is 18.3. The van der Waals surface area contributed by atoms with Gasteiger partial charge in [-0.3, -0.25) is 9.59 Å². The molecule has 1 aliphatic heterocycles. The van der Waals surface area contributed by atoms with Gasteiger partial charge in [-0.2, -0.15) is 0 Å². The molecule has 1 saturated heterocycles. The summed E-state index contributed by atoms with van der Waals surface area (Å²) in [6.45, 7) is 3.99. The lowest BCUT2D eigenvalue weighted by molar-refractivity contribution is -0.596. The Balaban J connectivity index is 1.69. The van der Waals surface area contributed by atoms with Gasteiger partial charge >= 0.3 is 5.91 Å². The monoisotopic (exact) mass is 428 g/mol. The molecule has 1 heterocycles. The normalized spacial score (nSPS) is 19.0. The third-order valence-corrected chi connectivity index (χ3v) is 5.56. The lowest BCUT2D eigenvalue weighted by Crippen LogP contribution is -2.42. The maximum atomic E-state index is 12.9. The minimum Gasteiger partial charge on any atom is -0.497 e. The van der Waals surface area contributed by atoms with Gasteiger partial charge in [0.25, 0.3) is 5.91 Å². The van der Waals surface area contributed by atoms with Crippen LogP contribution in [0.5, 0.6) is 5.75 Å². The second kappa shape index (κ2) is 9.06. The maximum absolute atomic E-state index is 12.9. The minimum atomic E-state index is -0.765. The van der Waals surface area contributed by atoms with Crippen LogP contribution in [0.3, 0.4) is 0 Å². The number of hydrogen-bond acceptors (Lipinski definition) is 3. The molecule has 0 aromatic heterocycles. The molecule has 6 nitrogen and oxygen atoms in total. The van der Waals surface area contributed by atoms with Crippen LogP contribution in [0.4, 0.5) is 0 Å². The molecule has 4 rings (SSSR count). The Hall–Kier alpha value is -3.93. The van der Waals surface area contributed by atoms with Crippen molar-refractivity contribution >= 4 is 18.0 Å². The quantitative estimate of drug-likeness (QED) is 0.613. The Morgan fingerprint density at radius 1 is 0.938 bits per heavy atom. The summed E-state index contributed by atoms with van der Waals surface area (Å²) >= 11 is 0. The molecular weight excluding hydrogens is 402 g/mol. The number of amides is 2. The number of ether oxygens (including phenoxy) is 1. The molecule has 0 bridgehead atoms. The van der Waals surface area contributed by atoms with E-state index in [-0.39, 0.29) is 11.8 Å². The van der Waals surface area contributed by atoms with Gasteiger partial charge in [0.05, 0.1) is 7.11 Å². The van der Waals surface area contributed by atoms with Crippen LogP contribution in [0.2, 0.25) is 0 Å². The molecule has 0 aliphatic carbocycles. The van der Waals surface area contributed by atoms with Gasteiger partial charge in [0.1, 0.15) is 5.75 Å². The van der Waals surface area contributed by atoms with Gasteiger partial charge in [0.2, 0.25) is 12.3 Å². The molecular formula is C26H26N3O3+.